The van der Waals surface area contributed by atoms with Gasteiger partial charge in [-0.1, -0.05) is 87.4 Å². The van der Waals surface area contributed by atoms with Crippen LogP contribution >= 0.6 is 0 Å². The number of alkyl halides is 3. The van der Waals surface area contributed by atoms with Crippen molar-refractivity contribution in [3.05, 3.63) is 60.7 Å². The van der Waals surface area contributed by atoms with Gasteiger partial charge in [0.05, 0.1) is 0 Å². The molecule has 0 saturated carbocycles. The van der Waals surface area contributed by atoms with Crippen molar-refractivity contribution in [1.29, 1.82) is 0 Å². The van der Waals surface area contributed by atoms with Crippen LogP contribution in [0.4, 0.5) is 13.2 Å². The summed E-state index contributed by atoms with van der Waals surface area (Å²) in [6.07, 6.45) is -0.125. The molecule has 0 spiro atoms. The van der Waals surface area contributed by atoms with Gasteiger partial charge < -0.3 is 4.43 Å². The number of rotatable bonds is 5. The second-order valence-electron chi connectivity index (χ2n) is 7.49. The van der Waals surface area contributed by atoms with Crippen molar-refractivity contribution in [2.24, 2.45) is 0 Å². The molecule has 0 atom stereocenters. The van der Waals surface area contributed by atoms with E-state index in [1.54, 1.807) is 0 Å². The molecule has 0 aliphatic heterocycles. The molecule has 29 heavy (non-hydrogen) atoms. The molecule has 0 bridgehead atoms. The second-order valence-corrected chi connectivity index (χ2v) is 13.5. The van der Waals surface area contributed by atoms with E-state index in [9.17, 15) is 21.6 Å². The molecule has 0 aliphatic rings. The highest BCUT2D eigenvalue weighted by Gasteiger charge is 2.50. The van der Waals surface area contributed by atoms with Crippen LogP contribution in [0, 0.1) is 11.2 Å². The van der Waals surface area contributed by atoms with E-state index in [2.05, 4.69) is 26.7 Å². The van der Waals surface area contributed by atoms with Gasteiger partial charge in [-0.3, -0.25) is 0 Å². The zero-order valence-corrected chi connectivity index (χ0v) is 18.3. The van der Waals surface area contributed by atoms with Gasteiger partial charge in [0.15, 0.2) is 0 Å². The molecule has 2 aromatic carbocycles. The zero-order chi connectivity index (χ0) is 21.8. The highest BCUT2D eigenvalue weighted by molar-refractivity contribution is 7.96. The van der Waals surface area contributed by atoms with Gasteiger partial charge >= 0.3 is 15.3 Å². The van der Waals surface area contributed by atoms with E-state index in [-0.39, 0.29) is 18.1 Å². The first-order chi connectivity index (χ1) is 13.4. The normalized spacial score (nSPS) is 12.9. The Morgan fingerprint density at radius 2 is 1.34 bits per heavy atom. The van der Waals surface area contributed by atoms with Gasteiger partial charge in [-0.15, -0.1) is 0 Å². The van der Waals surface area contributed by atoms with E-state index < -0.39 is 23.7 Å². The molecular formula is C21H23F3O3SSi. The van der Waals surface area contributed by atoms with Gasteiger partial charge in [0.1, 0.15) is 0 Å². The Morgan fingerprint density at radius 1 is 0.897 bits per heavy atom. The Labute approximate surface area is 171 Å². The number of halogens is 3. The third-order valence-electron chi connectivity index (χ3n) is 4.47. The average Bonchev–Trinajstić information content (AvgIpc) is 2.64. The lowest BCUT2D eigenvalue weighted by atomic mass is 10.2. The SMILES string of the molecule is CC(C)(C)[Si](OCCC#CS(=O)(=O)C(F)(F)F)(c1ccccc1)c1ccccc1. The van der Waals surface area contributed by atoms with Crippen LogP contribution in [0.15, 0.2) is 60.7 Å². The Balaban J connectivity index is 2.38. The average molecular weight is 441 g/mol. The van der Waals surface area contributed by atoms with Gasteiger partial charge in [-0.05, 0) is 15.4 Å². The van der Waals surface area contributed by atoms with Crippen LogP contribution in [0.3, 0.4) is 0 Å². The molecule has 0 amide bonds. The number of hydrogen-bond donors (Lipinski definition) is 0. The van der Waals surface area contributed by atoms with Crippen LogP contribution in [0.2, 0.25) is 5.04 Å². The fourth-order valence-corrected chi connectivity index (χ4v) is 8.19. The second kappa shape index (κ2) is 8.74. The van der Waals surface area contributed by atoms with Crippen molar-refractivity contribution >= 4 is 28.5 Å². The molecular weight excluding hydrogens is 417 g/mol. The molecule has 0 saturated heterocycles. The van der Waals surface area contributed by atoms with E-state index in [1.165, 1.54) is 5.25 Å². The summed E-state index contributed by atoms with van der Waals surface area (Å²) in [6, 6.07) is 19.5. The van der Waals surface area contributed by atoms with Crippen LogP contribution in [0.1, 0.15) is 27.2 Å². The Kier molecular flexibility index (Phi) is 6.99. The van der Waals surface area contributed by atoms with Crippen molar-refractivity contribution in [1.82, 2.24) is 0 Å². The Morgan fingerprint density at radius 3 is 1.72 bits per heavy atom. The van der Waals surface area contributed by atoms with Crippen LogP contribution < -0.4 is 10.4 Å². The van der Waals surface area contributed by atoms with Gasteiger partial charge in [-0.2, -0.15) is 13.2 Å². The minimum atomic E-state index is -5.45. The number of hydrogen-bond acceptors (Lipinski definition) is 3. The van der Waals surface area contributed by atoms with Gasteiger partial charge in [0.2, 0.25) is 0 Å². The van der Waals surface area contributed by atoms with E-state index in [4.69, 9.17) is 4.43 Å². The highest BCUT2D eigenvalue weighted by Crippen LogP contribution is 2.36. The summed E-state index contributed by atoms with van der Waals surface area (Å²) in [6.45, 7) is 6.23. The Bertz CT molecular complexity index is 932. The summed E-state index contributed by atoms with van der Waals surface area (Å²) >= 11 is 0. The van der Waals surface area contributed by atoms with Crippen molar-refractivity contribution in [2.75, 3.05) is 6.61 Å². The maximum atomic E-state index is 12.4. The fourth-order valence-electron chi connectivity index (χ4n) is 3.22. The topological polar surface area (TPSA) is 43.4 Å². The smallest absolute Gasteiger partial charge is 0.406 e. The molecule has 0 aliphatic carbocycles. The molecule has 0 heterocycles. The maximum absolute atomic E-state index is 12.4. The van der Waals surface area contributed by atoms with Crippen molar-refractivity contribution in [2.45, 2.75) is 37.7 Å². The van der Waals surface area contributed by atoms with Gasteiger partial charge in [-0.25, -0.2) is 8.42 Å². The van der Waals surface area contributed by atoms with Crippen molar-refractivity contribution in [3.8, 4) is 11.2 Å². The molecule has 8 heteroatoms. The third-order valence-corrected chi connectivity index (χ3v) is 10.5. The Hall–Kier alpha value is -2.08. The minimum Gasteiger partial charge on any atom is -0.406 e. The quantitative estimate of drug-likeness (QED) is 0.307. The van der Waals surface area contributed by atoms with Crippen LogP contribution in [0.25, 0.3) is 0 Å². The molecule has 0 fully saturated rings. The molecule has 0 unspecified atom stereocenters. The van der Waals surface area contributed by atoms with E-state index in [1.807, 2.05) is 60.7 Å². The molecule has 3 nitrogen and oxygen atoms in total. The highest BCUT2D eigenvalue weighted by atomic mass is 32.2. The number of benzene rings is 2. The standard InChI is InChI=1S/C21H23F3O3SSi/c1-20(2,3)29(18-12-6-4-7-13-18,19-14-8-5-9-15-19)27-16-10-11-17-28(25,26)21(22,23)24/h4-9,12-15H,10,16H2,1-3H3. The van der Waals surface area contributed by atoms with Gasteiger partial charge in [0, 0.05) is 18.3 Å². The summed E-state index contributed by atoms with van der Waals surface area (Å²) < 4.78 is 65.8. The minimum absolute atomic E-state index is 0.0215. The number of sulfone groups is 1. The summed E-state index contributed by atoms with van der Waals surface area (Å²) in [5, 5.41) is 3.09. The van der Waals surface area contributed by atoms with E-state index in [0.29, 0.717) is 0 Å². The molecule has 156 valence electrons. The molecule has 2 rings (SSSR count). The monoisotopic (exact) mass is 440 g/mol. The van der Waals surface area contributed by atoms with E-state index >= 15 is 0 Å². The fraction of sp³-hybridized carbons (Fsp3) is 0.333. The summed E-state index contributed by atoms with van der Waals surface area (Å²) in [4.78, 5) is 0. The predicted octanol–water partition coefficient (Wildman–Crippen LogP) is 3.85. The predicted molar refractivity (Wildman–Crippen MR) is 111 cm³/mol. The largest absolute Gasteiger partial charge is 0.509 e. The van der Waals surface area contributed by atoms with Crippen molar-refractivity contribution in [3.63, 3.8) is 0 Å². The molecule has 0 N–H and O–H groups in total. The first-order valence-electron chi connectivity index (χ1n) is 8.98. The van der Waals surface area contributed by atoms with Crippen molar-refractivity contribution < 1.29 is 26.0 Å². The van der Waals surface area contributed by atoms with Crippen LogP contribution in [0.5, 0.6) is 0 Å². The molecule has 0 aromatic heterocycles. The lowest BCUT2D eigenvalue weighted by Crippen LogP contribution is -2.66. The lowest BCUT2D eigenvalue weighted by Gasteiger charge is -2.43. The van der Waals surface area contributed by atoms with Crippen LogP contribution in [-0.2, 0) is 14.3 Å². The molecule has 2 aromatic rings. The maximum Gasteiger partial charge on any atom is 0.509 e. The summed E-state index contributed by atoms with van der Waals surface area (Å²) in [7, 11) is -8.27. The first kappa shape index (κ1) is 23.2. The summed E-state index contributed by atoms with van der Waals surface area (Å²) in [5.74, 6) is 2.10. The summed E-state index contributed by atoms with van der Waals surface area (Å²) in [5.41, 5.74) is -5.38. The van der Waals surface area contributed by atoms with Gasteiger partial charge in [0.25, 0.3) is 8.32 Å². The molecule has 0 radical (unpaired) electrons. The zero-order valence-electron chi connectivity index (χ0n) is 16.5. The first-order valence-corrected chi connectivity index (χ1v) is 12.4. The third kappa shape index (κ3) is 5.10. The van der Waals surface area contributed by atoms with Crippen LogP contribution in [-0.4, -0.2) is 28.9 Å². The van der Waals surface area contributed by atoms with E-state index in [0.717, 1.165) is 10.4 Å². The lowest BCUT2D eigenvalue weighted by molar-refractivity contribution is -0.0420.